The Hall–Kier alpha value is -4.45. The number of benzene rings is 3. The summed E-state index contributed by atoms with van der Waals surface area (Å²) in [5.74, 6) is -0.326. The van der Waals surface area contributed by atoms with E-state index in [-0.39, 0.29) is 11.5 Å². The molecule has 6 nitrogen and oxygen atoms in total. The van der Waals surface area contributed by atoms with E-state index in [4.69, 9.17) is 4.74 Å². The van der Waals surface area contributed by atoms with Gasteiger partial charge in [-0.1, -0.05) is 42.5 Å². The SMILES string of the molecule is COc1ccc(/C=C(/NC(=O)/C=C/c2ccccc2)C(=O)Nc2ccc(C(C)=O)cc2)cc1. The predicted octanol–water partition coefficient (Wildman–Crippen LogP) is 4.71. The van der Waals surface area contributed by atoms with Crippen molar-refractivity contribution in [1.29, 1.82) is 0 Å². The normalized spacial score (nSPS) is 11.2. The molecule has 3 aromatic rings. The lowest BCUT2D eigenvalue weighted by atomic mass is 10.1. The van der Waals surface area contributed by atoms with E-state index >= 15 is 0 Å². The van der Waals surface area contributed by atoms with Crippen molar-refractivity contribution in [2.45, 2.75) is 6.92 Å². The van der Waals surface area contributed by atoms with Gasteiger partial charge in [0, 0.05) is 17.3 Å². The summed E-state index contributed by atoms with van der Waals surface area (Å²) >= 11 is 0. The third-order valence-electron chi connectivity index (χ3n) is 4.71. The Morgan fingerprint density at radius 1 is 0.818 bits per heavy atom. The molecule has 6 heteroatoms. The van der Waals surface area contributed by atoms with Crippen molar-refractivity contribution in [3.8, 4) is 5.75 Å². The first-order chi connectivity index (χ1) is 15.9. The number of methoxy groups -OCH3 is 1. The Labute approximate surface area is 192 Å². The molecule has 2 N–H and O–H groups in total. The Morgan fingerprint density at radius 2 is 1.48 bits per heavy atom. The van der Waals surface area contributed by atoms with Crippen LogP contribution in [0.1, 0.15) is 28.4 Å². The zero-order valence-electron chi connectivity index (χ0n) is 18.4. The second-order valence-electron chi connectivity index (χ2n) is 7.15. The number of hydrogen-bond donors (Lipinski definition) is 2. The molecule has 0 heterocycles. The van der Waals surface area contributed by atoms with Gasteiger partial charge in [0.1, 0.15) is 11.4 Å². The van der Waals surface area contributed by atoms with E-state index in [2.05, 4.69) is 10.6 Å². The van der Waals surface area contributed by atoms with E-state index in [0.29, 0.717) is 22.6 Å². The van der Waals surface area contributed by atoms with Crippen LogP contribution in [-0.4, -0.2) is 24.7 Å². The lowest BCUT2D eigenvalue weighted by Crippen LogP contribution is -2.29. The van der Waals surface area contributed by atoms with Crippen LogP contribution in [0, 0.1) is 0 Å². The van der Waals surface area contributed by atoms with E-state index in [1.54, 1.807) is 67.8 Å². The average molecular weight is 440 g/mol. The summed E-state index contributed by atoms with van der Waals surface area (Å²) in [7, 11) is 1.57. The minimum atomic E-state index is -0.497. The molecule has 0 radical (unpaired) electrons. The number of hydrogen-bond acceptors (Lipinski definition) is 4. The maximum absolute atomic E-state index is 13.0. The molecule has 0 bridgehead atoms. The minimum Gasteiger partial charge on any atom is -0.497 e. The van der Waals surface area contributed by atoms with Crippen molar-refractivity contribution in [2.24, 2.45) is 0 Å². The van der Waals surface area contributed by atoms with Gasteiger partial charge in [-0.2, -0.15) is 0 Å². The first-order valence-corrected chi connectivity index (χ1v) is 10.3. The molecule has 0 aromatic heterocycles. The molecule has 0 aliphatic rings. The summed E-state index contributed by atoms with van der Waals surface area (Å²) in [6.45, 7) is 1.47. The molecule has 3 rings (SSSR count). The second kappa shape index (κ2) is 11.2. The van der Waals surface area contributed by atoms with Crippen LogP contribution in [0.2, 0.25) is 0 Å². The summed E-state index contributed by atoms with van der Waals surface area (Å²) < 4.78 is 5.16. The molecule has 0 atom stereocenters. The zero-order chi connectivity index (χ0) is 23.6. The van der Waals surface area contributed by atoms with Crippen molar-refractivity contribution in [3.63, 3.8) is 0 Å². The number of carbonyl (C=O) groups is 3. The molecule has 33 heavy (non-hydrogen) atoms. The maximum atomic E-state index is 13.0. The molecule has 0 saturated carbocycles. The molecule has 0 unspecified atom stereocenters. The number of anilines is 1. The van der Waals surface area contributed by atoms with E-state index in [1.165, 1.54) is 13.0 Å². The van der Waals surface area contributed by atoms with Crippen molar-refractivity contribution in [2.75, 3.05) is 12.4 Å². The monoisotopic (exact) mass is 440 g/mol. The summed E-state index contributed by atoms with van der Waals surface area (Å²) in [6, 6.07) is 23.0. The topological polar surface area (TPSA) is 84.5 Å². The quantitative estimate of drug-likeness (QED) is 0.393. The predicted molar refractivity (Wildman–Crippen MR) is 130 cm³/mol. The maximum Gasteiger partial charge on any atom is 0.272 e. The highest BCUT2D eigenvalue weighted by Gasteiger charge is 2.13. The fourth-order valence-electron chi connectivity index (χ4n) is 2.92. The number of ether oxygens (including phenoxy) is 1. The van der Waals surface area contributed by atoms with Crippen LogP contribution in [0.3, 0.4) is 0 Å². The van der Waals surface area contributed by atoms with Crippen molar-refractivity contribution >= 4 is 35.4 Å². The van der Waals surface area contributed by atoms with Crippen molar-refractivity contribution in [1.82, 2.24) is 5.32 Å². The average Bonchev–Trinajstić information content (AvgIpc) is 2.83. The van der Waals surface area contributed by atoms with Gasteiger partial charge in [-0.15, -0.1) is 0 Å². The number of amides is 2. The van der Waals surface area contributed by atoms with E-state index in [1.807, 2.05) is 30.3 Å². The van der Waals surface area contributed by atoms with E-state index in [9.17, 15) is 14.4 Å². The third kappa shape index (κ3) is 7.04. The molecule has 0 spiro atoms. The summed E-state index contributed by atoms with van der Waals surface area (Å²) in [5, 5.41) is 5.40. The molecule has 0 aliphatic heterocycles. The number of rotatable bonds is 8. The molecular weight excluding hydrogens is 416 g/mol. The first kappa shape index (κ1) is 23.2. The molecule has 3 aromatic carbocycles. The van der Waals surface area contributed by atoms with Crippen LogP contribution in [0.15, 0.2) is 90.6 Å². The van der Waals surface area contributed by atoms with Gasteiger partial charge in [-0.3, -0.25) is 14.4 Å². The van der Waals surface area contributed by atoms with Crippen LogP contribution in [0.25, 0.3) is 12.2 Å². The van der Waals surface area contributed by atoms with Gasteiger partial charge in [0.25, 0.3) is 5.91 Å². The lowest BCUT2D eigenvalue weighted by Gasteiger charge is -2.11. The second-order valence-corrected chi connectivity index (χ2v) is 7.15. The molecular formula is C27H24N2O4. The number of carbonyl (C=O) groups excluding carboxylic acids is 3. The van der Waals surface area contributed by atoms with Crippen LogP contribution in [0.5, 0.6) is 5.75 Å². The molecule has 0 fully saturated rings. The largest absolute Gasteiger partial charge is 0.497 e. The Kier molecular flexibility index (Phi) is 7.91. The fourth-order valence-corrected chi connectivity index (χ4v) is 2.92. The van der Waals surface area contributed by atoms with E-state index in [0.717, 1.165) is 5.56 Å². The van der Waals surface area contributed by atoms with E-state index < -0.39 is 11.8 Å². The van der Waals surface area contributed by atoms with Gasteiger partial charge >= 0.3 is 0 Å². The van der Waals surface area contributed by atoms with Crippen LogP contribution in [0.4, 0.5) is 5.69 Å². The smallest absolute Gasteiger partial charge is 0.272 e. The van der Waals surface area contributed by atoms with Crippen molar-refractivity contribution < 1.29 is 19.1 Å². The minimum absolute atomic E-state index is 0.0644. The Morgan fingerprint density at radius 3 is 2.09 bits per heavy atom. The number of nitrogens with one attached hydrogen (secondary N) is 2. The highest BCUT2D eigenvalue weighted by atomic mass is 16.5. The number of Topliss-reactive ketones (excluding diaryl/α,β-unsaturated/α-hetero) is 1. The first-order valence-electron chi connectivity index (χ1n) is 10.3. The zero-order valence-corrected chi connectivity index (χ0v) is 18.4. The lowest BCUT2D eigenvalue weighted by molar-refractivity contribution is -0.118. The van der Waals surface area contributed by atoms with Gasteiger partial charge < -0.3 is 15.4 Å². The van der Waals surface area contributed by atoms with Crippen LogP contribution >= 0.6 is 0 Å². The van der Waals surface area contributed by atoms with Gasteiger partial charge in [0.05, 0.1) is 7.11 Å². The van der Waals surface area contributed by atoms with Gasteiger partial charge in [0.2, 0.25) is 5.91 Å². The van der Waals surface area contributed by atoms with Gasteiger partial charge in [-0.25, -0.2) is 0 Å². The summed E-state index contributed by atoms with van der Waals surface area (Å²) in [5.41, 5.74) is 2.68. The Bertz CT molecular complexity index is 1180. The molecule has 2 amide bonds. The fraction of sp³-hybridized carbons (Fsp3) is 0.0741. The van der Waals surface area contributed by atoms with Crippen LogP contribution < -0.4 is 15.4 Å². The molecule has 0 aliphatic carbocycles. The highest BCUT2D eigenvalue weighted by Crippen LogP contribution is 2.15. The third-order valence-corrected chi connectivity index (χ3v) is 4.71. The summed E-state index contributed by atoms with van der Waals surface area (Å²) in [6.07, 6.45) is 4.61. The summed E-state index contributed by atoms with van der Waals surface area (Å²) in [4.78, 5) is 36.9. The molecule has 0 saturated heterocycles. The molecule has 166 valence electrons. The standard InChI is InChI=1S/C27H24N2O4/c1-19(30)22-11-13-23(14-12-22)28-27(32)25(18-21-8-15-24(33-2)16-9-21)29-26(31)17-10-20-6-4-3-5-7-20/h3-18H,1-2H3,(H,28,32)(H,29,31)/b17-10+,25-18+. The van der Waals surface area contributed by atoms with Crippen LogP contribution in [-0.2, 0) is 9.59 Å². The van der Waals surface area contributed by atoms with Crippen molar-refractivity contribution in [3.05, 3.63) is 107 Å². The van der Waals surface area contributed by atoms with Gasteiger partial charge in [0.15, 0.2) is 5.78 Å². The highest BCUT2D eigenvalue weighted by molar-refractivity contribution is 6.10. The number of ketones is 1. The van der Waals surface area contributed by atoms with Gasteiger partial charge in [-0.05, 0) is 66.6 Å². The Balaban J connectivity index is 1.81.